The molecule has 0 spiro atoms. The molecule has 0 aromatic heterocycles. The third-order valence-electron chi connectivity index (χ3n) is 4.91. The highest BCUT2D eigenvalue weighted by Crippen LogP contribution is 2.25. The maximum atomic E-state index is 12.6. The molecule has 1 heterocycles. The number of phenols is 1. The molecule has 7 nitrogen and oxygen atoms in total. The summed E-state index contributed by atoms with van der Waals surface area (Å²) in [4.78, 5) is 38.5. The minimum absolute atomic E-state index is 0.0726. The quantitative estimate of drug-likeness (QED) is 0.470. The van der Waals surface area contributed by atoms with Gasteiger partial charge in [-0.05, 0) is 42.0 Å². The number of hydrogen-bond acceptors (Lipinski definition) is 5. The normalized spacial score (nSPS) is 16.4. The Labute approximate surface area is 166 Å². The van der Waals surface area contributed by atoms with Gasteiger partial charge >= 0.3 is 0 Å². The molecule has 0 bridgehead atoms. The van der Waals surface area contributed by atoms with Gasteiger partial charge in [-0.1, -0.05) is 42.0 Å². The zero-order valence-electron chi connectivity index (χ0n) is 15.7. The molecule has 3 N–H and O–H groups in total. The number of anilines is 1. The van der Waals surface area contributed by atoms with Gasteiger partial charge < -0.3 is 5.11 Å². The number of phenolic OH excluding ortho intramolecular Hbond substituents is 1. The highest BCUT2D eigenvalue weighted by molar-refractivity contribution is 6.22. The summed E-state index contributed by atoms with van der Waals surface area (Å²) in [6.07, 6.45) is -0.0727. The summed E-state index contributed by atoms with van der Waals surface area (Å²) >= 11 is 0. The van der Waals surface area contributed by atoms with E-state index < -0.39 is 17.9 Å². The maximum Gasteiger partial charge on any atom is 0.269 e. The molecule has 1 saturated heterocycles. The van der Waals surface area contributed by atoms with Gasteiger partial charge in [-0.15, -0.1) is 0 Å². The molecule has 3 aromatic rings. The van der Waals surface area contributed by atoms with Crippen LogP contribution in [0.25, 0.3) is 10.8 Å². The molecular weight excluding hydrogens is 370 g/mol. The number of fused-ring (bicyclic) bond motifs is 1. The van der Waals surface area contributed by atoms with Gasteiger partial charge in [0.2, 0.25) is 5.91 Å². The lowest BCUT2D eigenvalue weighted by Gasteiger charge is -2.16. The number of hydrazine groups is 1. The molecule has 7 heteroatoms. The van der Waals surface area contributed by atoms with E-state index in [1.807, 2.05) is 43.3 Å². The fourth-order valence-corrected chi connectivity index (χ4v) is 3.34. The van der Waals surface area contributed by atoms with Crippen molar-refractivity contribution in [2.75, 3.05) is 4.90 Å². The van der Waals surface area contributed by atoms with E-state index >= 15 is 0 Å². The first-order valence-corrected chi connectivity index (χ1v) is 9.15. The predicted octanol–water partition coefficient (Wildman–Crippen LogP) is 2.42. The highest BCUT2D eigenvalue weighted by atomic mass is 16.3. The Kier molecular flexibility index (Phi) is 4.74. The molecule has 0 aliphatic carbocycles. The molecule has 29 heavy (non-hydrogen) atoms. The van der Waals surface area contributed by atoms with Gasteiger partial charge in [-0.25, -0.2) is 10.3 Å². The molecule has 146 valence electrons. The molecule has 1 aliphatic heterocycles. The number of imide groups is 1. The SMILES string of the molecule is Cc1ccc(N2C(=O)CC(NNC(=O)c3cc4ccccc4cc3O)C2=O)cc1. The summed E-state index contributed by atoms with van der Waals surface area (Å²) < 4.78 is 0. The number of nitrogens with zero attached hydrogens (tertiary/aromatic N) is 1. The lowest BCUT2D eigenvalue weighted by atomic mass is 10.1. The molecule has 1 aliphatic rings. The Bertz CT molecular complexity index is 1120. The standard InChI is InChI=1S/C22H19N3O4/c1-13-6-8-16(9-7-13)25-20(27)12-18(22(25)29)23-24-21(28)17-10-14-4-2-3-5-15(14)11-19(17)26/h2-11,18,23,26H,12H2,1H3,(H,24,28). The number of carbonyl (C=O) groups excluding carboxylic acids is 3. The van der Waals surface area contributed by atoms with Crippen LogP contribution in [0.15, 0.2) is 60.7 Å². The van der Waals surface area contributed by atoms with E-state index in [0.29, 0.717) is 5.69 Å². The average molecular weight is 389 g/mol. The Morgan fingerprint density at radius 3 is 2.38 bits per heavy atom. The van der Waals surface area contributed by atoms with E-state index in [1.165, 1.54) is 6.07 Å². The summed E-state index contributed by atoms with van der Waals surface area (Å²) in [7, 11) is 0. The lowest BCUT2D eigenvalue weighted by molar-refractivity contribution is -0.121. The molecule has 1 atom stereocenters. The fourth-order valence-electron chi connectivity index (χ4n) is 3.34. The smallest absolute Gasteiger partial charge is 0.269 e. The molecule has 3 amide bonds. The van der Waals surface area contributed by atoms with Crippen LogP contribution < -0.4 is 15.8 Å². The number of benzene rings is 3. The molecule has 1 unspecified atom stereocenters. The number of aromatic hydroxyl groups is 1. The molecule has 0 saturated carbocycles. The Morgan fingerprint density at radius 2 is 1.69 bits per heavy atom. The number of amides is 3. The van der Waals surface area contributed by atoms with Gasteiger partial charge in [0.15, 0.2) is 0 Å². The van der Waals surface area contributed by atoms with Crippen molar-refractivity contribution < 1.29 is 19.5 Å². The van der Waals surface area contributed by atoms with E-state index in [4.69, 9.17) is 0 Å². The van der Waals surface area contributed by atoms with Crippen LogP contribution in [0.4, 0.5) is 5.69 Å². The van der Waals surface area contributed by atoms with Gasteiger partial charge in [-0.2, -0.15) is 0 Å². The molecular formula is C22H19N3O4. The molecule has 4 rings (SSSR count). The largest absolute Gasteiger partial charge is 0.507 e. The summed E-state index contributed by atoms with van der Waals surface area (Å²) in [6.45, 7) is 1.92. The summed E-state index contributed by atoms with van der Waals surface area (Å²) in [5.74, 6) is -1.55. The summed E-state index contributed by atoms with van der Waals surface area (Å²) in [5.41, 5.74) is 6.64. The number of hydrogen-bond donors (Lipinski definition) is 3. The number of carbonyl (C=O) groups is 3. The predicted molar refractivity (Wildman–Crippen MR) is 108 cm³/mol. The van der Waals surface area contributed by atoms with Gasteiger partial charge in [0.05, 0.1) is 17.7 Å². The van der Waals surface area contributed by atoms with Gasteiger partial charge in [0.1, 0.15) is 11.8 Å². The van der Waals surface area contributed by atoms with Crippen LogP contribution in [-0.2, 0) is 9.59 Å². The Balaban J connectivity index is 1.47. The summed E-state index contributed by atoms with van der Waals surface area (Å²) in [6, 6.07) is 16.6. The first-order chi connectivity index (χ1) is 13.9. The van der Waals surface area contributed by atoms with Crippen molar-refractivity contribution in [1.29, 1.82) is 0 Å². The van der Waals surface area contributed by atoms with Crippen LogP contribution in [-0.4, -0.2) is 28.9 Å². The van der Waals surface area contributed by atoms with Gasteiger partial charge in [0.25, 0.3) is 11.8 Å². The molecule has 3 aromatic carbocycles. The topological polar surface area (TPSA) is 98.7 Å². The molecule has 1 fully saturated rings. The highest BCUT2D eigenvalue weighted by Gasteiger charge is 2.39. The van der Waals surface area contributed by atoms with E-state index in [1.54, 1.807) is 18.2 Å². The van der Waals surface area contributed by atoms with Crippen LogP contribution >= 0.6 is 0 Å². The van der Waals surface area contributed by atoms with Crippen LogP contribution in [0.5, 0.6) is 5.75 Å². The Morgan fingerprint density at radius 1 is 1.03 bits per heavy atom. The van der Waals surface area contributed by atoms with Crippen molar-refractivity contribution in [3.8, 4) is 5.75 Å². The van der Waals surface area contributed by atoms with Crippen molar-refractivity contribution in [2.45, 2.75) is 19.4 Å². The van der Waals surface area contributed by atoms with Crippen molar-refractivity contribution in [2.24, 2.45) is 0 Å². The minimum atomic E-state index is -0.879. The van der Waals surface area contributed by atoms with Crippen molar-refractivity contribution >= 4 is 34.2 Å². The average Bonchev–Trinajstić information content (AvgIpc) is 2.99. The zero-order chi connectivity index (χ0) is 20.5. The first-order valence-electron chi connectivity index (χ1n) is 9.15. The Hall–Kier alpha value is -3.71. The second-order valence-electron chi connectivity index (χ2n) is 6.97. The second-order valence-corrected chi connectivity index (χ2v) is 6.97. The summed E-state index contributed by atoms with van der Waals surface area (Å²) in [5, 5.41) is 11.8. The van der Waals surface area contributed by atoms with E-state index in [-0.39, 0.29) is 23.6 Å². The van der Waals surface area contributed by atoms with E-state index in [2.05, 4.69) is 10.9 Å². The van der Waals surface area contributed by atoms with Crippen LogP contribution in [0.3, 0.4) is 0 Å². The zero-order valence-corrected chi connectivity index (χ0v) is 15.7. The number of nitrogens with one attached hydrogen (secondary N) is 2. The van der Waals surface area contributed by atoms with Gasteiger partial charge in [-0.3, -0.25) is 19.8 Å². The third-order valence-corrected chi connectivity index (χ3v) is 4.91. The van der Waals surface area contributed by atoms with Crippen molar-refractivity contribution in [1.82, 2.24) is 10.9 Å². The van der Waals surface area contributed by atoms with Crippen LogP contribution in [0.1, 0.15) is 22.3 Å². The van der Waals surface area contributed by atoms with Gasteiger partial charge in [0, 0.05) is 0 Å². The second kappa shape index (κ2) is 7.37. The minimum Gasteiger partial charge on any atom is -0.507 e. The number of rotatable bonds is 4. The van der Waals surface area contributed by atoms with Crippen molar-refractivity contribution in [3.05, 3.63) is 71.8 Å². The van der Waals surface area contributed by atoms with Crippen molar-refractivity contribution in [3.63, 3.8) is 0 Å². The monoisotopic (exact) mass is 389 g/mol. The fraction of sp³-hybridized carbons (Fsp3) is 0.136. The maximum absolute atomic E-state index is 12.6. The number of aryl methyl sites for hydroxylation is 1. The van der Waals surface area contributed by atoms with E-state index in [9.17, 15) is 19.5 Å². The lowest BCUT2D eigenvalue weighted by Crippen LogP contribution is -2.48. The van der Waals surface area contributed by atoms with Crippen LogP contribution in [0, 0.1) is 6.92 Å². The van der Waals surface area contributed by atoms with E-state index in [0.717, 1.165) is 21.2 Å². The third kappa shape index (κ3) is 3.55. The molecule has 0 radical (unpaired) electrons. The first kappa shape index (κ1) is 18.6. The van der Waals surface area contributed by atoms with Crippen LogP contribution in [0.2, 0.25) is 0 Å².